The van der Waals surface area contributed by atoms with Crippen LogP contribution < -0.4 is 9.47 Å². The Balaban J connectivity index is 1.43. The number of carbonyl (C=O) groups excluding carboxylic acids is 1. The summed E-state index contributed by atoms with van der Waals surface area (Å²) in [5, 5.41) is 4.09. The Hall–Kier alpha value is -3.42. The van der Waals surface area contributed by atoms with Gasteiger partial charge in [-0.15, -0.1) is 0 Å². The Morgan fingerprint density at radius 3 is 2.73 bits per heavy atom. The fourth-order valence-electron chi connectivity index (χ4n) is 3.76. The van der Waals surface area contributed by atoms with Gasteiger partial charge in [-0.2, -0.15) is 9.97 Å². The first-order chi connectivity index (χ1) is 14.7. The summed E-state index contributed by atoms with van der Waals surface area (Å²) >= 11 is 0. The molecule has 30 heavy (non-hydrogen) atoms. The summed E-state index contributed by atoms with van der Waals surface area (Å²) in [7, 11) is 3.03. The zero-order chi connectivity index (χ0) is 20.9. The molecule has 1 unspecified atom stereocenters. The van der Waals surface area contributed by atoms with Crippen molar-refractivity contribution in [2.45, 2.75) is 31.7 Å². The van der Waals surface area contributed by atoms with Crippen LogP contribution in [0.3, 0.4) is 0 Å². The minimum atomic E-state index is -0.0809. The standard InChI is InChI=1S/C22H24N4O4/c1-28-19-13-11-17(21(24-19)29-2)22(27)26-14-6-9-16(26)10-12-18-23-20(30-25-18)15-7-4-3-5-8-15/h3-5,7-8,11,13,16H,6,9-10,12,14H2,1-2H3. The molecule has 2 aromatic heterocycles. The van der Waals surface area contributed by atoms with Gasteiger partial charge in [-0.05, 0) is 37.5 Å². The maximum atomic E-state index is 13.2. The number of benzene rings is 1. The highest BCUT2D eigenvalue weighted by atomic mass is 16.5. The molecule has 1 aromatic carbocycles. The number of rotatable bonds is 7. The summed E-state index contributed by atoms with van der Waals surface area (Å²) in [4.78, 5) is 23.8. The van der Waals surface area contributed by atoms with E-state index in [2.05, 4.69) is 15.1 Å². The van der Waals surface area contributed by atoms with Gasteiger partial charge in [-0.1, -0.05) is 23.4 Å². The summed E-state index contributed by atoms with van der Waals surface area (Å²) < 4.78 is 15.8. The van der Waals surface area contributed by atoms with Crippen LogP contribution in [-0.2, 0) is 6.42 Å². The van der Waals surface area contributed by atoms with Crippen LogP contribution in [0.25, 0.3) is 11.5 Å². The molecule has 4 rings (SSSR count). The molecule has 8 heteroatoms. The number of aryl methyl sites for hydroxylation is 1. The molecule has 156 valence electrons. The molecular weight excluding hydrogens is 384 g/mol. The van der Waals surface area contributed by atoms with E-state index < -0.39 is 0 Å². The Labute approximate surface area is 174 Å². The van der Waals surface area contributed by atoms with Crippen LogP contribution in [0.2, 0.25) is 0 Å². The lowest BCUT2D eigenvalue weighted by Gasteiger charge is -2.25. The zero-order valence-electron chi connectivity index (χ0n) is 17.1. The van der Waals surface area contributed by atoms with Crippen molar-refractivity contribution in [3.63, 3.8) is 0 Å². The molecule has 3 heterocycles. The predicted molar refractivity (Wildman–Crippen MR) is 109 cm³/mol. The normalized spacial score (nSPS) is 15.9. The number of methoxy groups -OCH3 is 2. The topological polar surface area (TPSA) is 90.6 Å². The van der Waals surface area contributed by atoms with Crippen molar-refractivity contribution in [3.8, 4) is 23.2 Å². The molecule has 0 saturated carbocycles. The van der Waals surface area contributed by atoms with Gasteiger partial charge in [0.1, 0.15) is 5.56 Å². The quantitative estimate of drug-likeness (QED) is 0.592. The summed E-state index contributed by atoms with van der Waals surface area (Å²) in [6.07, 6.45) is 3.32. The molecule has 1 fully saturated rings. The van der Waals surface area contributed by atoms with Crippen LogP contribution in [0, 0.1) is 0 Å². The second kappa shape index (κ2) is 8.94. The molecule has 1 aliphatic heterocycles. The van der Waals surface area contributed by atoms with Gasteiger partial charge in [0.05, 0.1) is 14.2 Å². The molecule has 1 amide bonds. The maximum Gasteiger partial charge on any atom is 0.259 e. The number of carbonyl (C=O) groups is 1. The van der Waals surface area contributed by atoms with E-state index >= 15 is 0 Å². The van der Waals surface area contributed by atoms with E-state index in [1.165, 1.54) is 14.2 Å². The molecule has 0 radical (unpaired) electrons. The first kappa shape index (κ1) is 19.9. The van der Waals surface area contributed by atoms with Crippen molar-refractivity contribution < 1.29 is 18.8 Å². The first-order valence-corrected chi connectivity index (χ1v) is 9.97. The molecule has 1 saturated heterocycles. The highest BCUT2D eigenvalue weighted by molar-refractivity contribution is 5.96. The number of amides is 1. The van der Waals surface area contributed by atoms with Gasteiger partial charge in [0.15, 0.2) is 5.82 Å². The van der Waals surface area contributed by atoms with Gasteiger partial charge < -0.3 is 18.9 Å². The number of ether oxygens (including phenoxy) is 2. The van der Waals surface area contributed by atoms with Gasteiger partial charge in [0.25, 0.3) is 11.8 Å². The SMILES string of the molecule is COc1ccc(C(=O)N2CCCC2CCc2noc(-c3ccccc3)n2)c(OC)n1. The van der Waals surface area contributed by atoms with Crippen LogP contribution in [0.15, 0.2) is 47.0 Å². The number of pyridine rings is 1. The minimum absolute atomic E-state index is 0.0809. The summed E-state index contributed by atoms with van der Waals surface area (Å²) in [5.41, 5.74) is 1.34. The fourth-order valence-corrected chi connectivity index (χ4v) is 3.76. The average molecular weight is 408 g/mol. The lowest BCUT2D eigenvalue weighted by molar-refractivity contribution is 0.0725. The van der Waals surface area contributed by atoms with Gasteiger partial charge >= 0.3 is 0 Å². The molecule has 3 aromatic rings. The fraction of sp³-hybridized carbons (Fsp3) is 0.364. The van der Waals surface area contributed by atoms with Gasteiger partial charge in [0, 0.05) is 30.6 Å². The molecule has 0 spiro atoms. The first-order valence-electron chi connectivity index (χ1n) is 9.97. The maximum absolute atomic E-state index is 13.2. The molecule has 1 atom stereocenters. The van der Waals surface area contributed by atoms with Gasteiger partial charge in [-0.25, -0.2) is 0 Å². The minimum Gasteiger partial charge on any atom is -0.481 e. The van der Waals surface area contributed by atoms with E-state index in [0.29, 0.717) is 36.1 Å². The Bertz CT molecular complexity index is 1010. The number of hydrogen-bond donors (Lipinski definition) is 0. The summed E-state index contributed by atoms with van der Waals surface area (Å²) in [6.45, 7) is 0.709. The van der Waals surface area contributed by atoms with E-state index in [-0.39, 0.29) is 17.8 Å². The largest absolute Gasteiger partial charge is 0.481 e. The molecule has 0 bridgehead atoms. The van der Waals surface area contributed by atoms with Gasteiger partial charge in [-0.3, -0.25) is 4.79 Å². The second-order valence-corrected chi connectivity index (χ2v) is 7.13. The number of likely N-dealkylation sites (tertiary alicyclic amines) is 1. The lowest BCUT2D eigenvalue weighted by Crippen LogP contribution is -2.36. The third-order valence-corrected chi connectivity index (χ3v) is 5.30. The number of aromatic nitrogens is 3. The van der Waals surface area contributed by atoms with Gasteiger partial charge in [0.2, 0.25) is 11.8 Å². The Morgan fingerprint density at radius 1 is 1.13 bits per heavy atom. The Morgan fingerprint density at radius 2 is 1.97 bits per heavy atom. The van der Waals surface area contributed by atoms with Crippen molar-refractivity contribution in [1.82, 2.24) is 20.0 Å². The van der Waals surface area contributed by atoms with Crippen LogP contribution in [0.4, 0.5) is 0 Å². The zero-order valence-corrected chi connectivity index (χ0v) is 17.1. The third kappa shape index (κ3) is 4.12. The van der Waals surface area contributed by atoms with E-state index in [0.717, 1.165) is 24.8 Å². The highest BCUT2D eigenvalue weighted by Crippen LogP contribution is 2.28. The van der Waals surface area contributed by atoms with E-state index in [1.807, 2.05) is 35.2 Å². The van der Waals surface area contributed by atoms with Crippen molar-refractivity contribution in [2.75, 3.05) is 20.8 Å². The van der Waals surface area contributed by atoms with Crippen molar-refractivity contribution in [1.29, 1.82) is 0 Å². The van der Waals surface area contributed by atoms with Crippen LogP contribution in [0.1, 0.15) is 35.4 Å². The Kier molecular flexibility index (Phi) is 5.92. The van der Waals surface area contributed by atoms with E-state index in [9.17, 15) is 4.79 Å². The van der Waals surface area contributed by atoms with Crippen LogP contribution in [-0.4, -0.2) is 52.7 Å². The van der Waals surface area contributed by atoms with Crippen molar-refractivity contribution in [3.05, 3.63) is 53.9 Å². The summed E-state index contributed by atoms with van der Waals surface area (Å²) in [6, 6.07) is 13.2. The second-order valence-electron chi connectivity index (χ2n) is 7.13. The van der Waals surface area contributed by atoms with Crippen LogP contribution in [0.5, 0.6) is 11.8 Å². The molecule has 0 N–H and O–H groups in total. The van der Waals surface area contributed by atoms with Crippen molar-refractivity contribution in [2.24, 2.45) is 0 Å². The molecule has 1 aliphatic rings. The average Bonchev–Trinajstić information content (AvgIpc) is 3.47. The molecule has 8 nitrogen and oxygen atoms in total. The van der Waals surface area contributed by atoms with Crippen molar-refractivity contribution >= 4 is 5.91 Å². The smallest absolute Gasteiger partial charge is 0.259 e. The highest BCUT2D eigenvalue weighted by Gasteiger charge is 2.31. The summed E-state index contributed by atoms with van der Waals surface area (Å²) in [5.74, 6) is 1.77. The molecule has 0 aliphatic carbocycles. The molecular formula is C22H24N4O4. The van der Waals surface area contributed by atoms with Crippen LogP contribution >= 0.6 is 0 Å². The number of hydrogen-bond acceptors (Lipinski definition) is 7. The van der Waals surface area contributed by atoms with E-state index in [1.54, 1.807) is 12.1 Å². The third-order valence-electron chi connectivity index (χ3n) is 5.30. The predicted octanol–water partition coefficient (Wildman–Crippen LogP) is 3.39. The monoisotopic (exact) mass is 408 g/mol. The lowest BCUT2D eigenvalue weighted by atomic mass is 10.1. The number of nitrogens with zero attached hydrogens (tertiary/aromatic N) is 4. The van der Waals surface area contributed by atoms with E-state index in [4.69, 9.17) is 14.0 Å².